The van der Waals surface area contributed by atoms with Gasteiger partial charge in [-0.3, -0.25) is 0 Å². The summed E-state index contributed by atoms with van der Waals surface area (Å²) in [6, 6.07) is 5.29. The molecule has 0 saturated carbocycles. The van der Waals surface area contributed by atoms with Crippen molar-refractivity contribution in [3.8, 4) is 11.8 Å². The molecular formula is C11H14N2O2. The van der Waals surface area contributed by atoms with Gasteiger partial charge in [0.25, 0.3) is 0 Å². The third kappa shape index (κ3) is 4.91. The van der Waals surface area contributed by atoms with Crippen molar-refractivity contribution >= 4 is 5.71 Å². The molecule has 0 aliphatic carbocycles. The molecule has 3 N–H and O–H groups in total. The zero-order valence-corrected chi connectivity index (χ0v) is 8.78. The Morgan fingerprint density at radius 1 is 1.47 bits per heavy atom. The van der Waals surface area contributed by atoms with Gasteiger partial charge in [0.2, 0.25) is 0 Å². The summed E-state index contributed by atoms with van der Waals surface area (Å²) in [5, 5.41) is 22.8. The van der Waals surface area contributed by atoms with E-state index >= 15 is 0 Å². The molecule has 0 saturated heterocycles. The van der Waals surface area contributed by atoms with Crippen LogP contribution >= 0.6 is 0 Å². The Labute approximate surface area is 89.1 Å². The molecule has 4 heteroatoms. The monoisotopic (exact) mass is 206 g/mol. The SMILES string of the molecule is CC(=N)c1cccc(C#CCO)n1.CO. The highest BCUT2D eigenvalue weighted by molar-refractivity contribution is 5.94. The highest BCUT2D eigenvalue weighted by atomic mass is 16.2. The predicted molar refractivity (Wildman–Crippen MR) is 58.8 cm³/mol. The third-order valence-corrected chi connectivity index (χ3v) is 1.43. The van der Waals surface area contributed by atoms with Crippen LogP contribution in [0, 0.1) is 17.3 Å². The van der Waals surface area contributed by atoms with Gasteiger partial charge in [-0.25, -0.2) is 4.98 Å². The van der Waals surface area contributed by atoms with Crippen LogP contribution in [0.1, 0.15) is 18.3 Å². The molecule has 0 bridgehead atoms. The maximum atomic E-state index is 8.46. The smallest absolute Gasteiger partial charge is 0.114 e. The molecular weight excluding hydrogens is 192 g/mol. The maximum Gasteiger partial charge on any atom is 0.114 e. The first-order valence-corrected chi connectivity index (χ1v) is 4.31. The maximum absolute atomic E-state index is 8.46. The number of nitrogens with one attached hydrogen (secondary N) is 1. The van der Waals surface area contributed by atoms with E-state index in [0.717, 1.165) is 7.11 Å². The minimum Gasteiger partial charge on any atom is -0.400 e. The van der Waals surface area contributed by atoms with Gasteiger partial charge in [-0.05, 0) is 25.0 Å². The molecule has 0 amide bonds. The second kappa shape index (κ2) is 7.68. The molecule has 0 atom stereocenters. The molecule has 0 unspecified atom stereocenters. The second-order valence-corrected chi connectivity index (χ2v) is 2.49. The minimum atomic E-state index is -0.171. The standard InChI is InChI=1S/C10H10N2O.CH4O/c1-8(11)10-6-2-4-9(12-10)5-3-7-13;1-2/h2,4,6,11,13H,7H2,1H3;2H,1H3. The molecule has 0 fully saturated rings. The summed E-state index contributed by atoms with van der Waals surface area (Å²) in [5.74, 6) is 5.19. The van der Waals surface area contributed by atoms with Gasteiger partial charge in [-0.15, -0.1) is 0 Å². The number of hydrogen-bond acceptors (Lipinski definition) is 4. The van der Waals surface area contributed by atoms with Crippen molar-refractivity contribution in [1.82, 2.24) is 4.98 Å². The average molecular weight is 206 g/mol. The fraction of sp³-hybridized carbons (Fsp3) is 0.273. The van der Waals surface area contributed by atoms with Crippen molar-refractivity contribution in [2.75, 3.05) is 13.7 Å². The molecule has 15 heavy (non-hydrogen) atoms. The molecule has 1 aromatic heterocycles. The van der Waals surface area contributed by atoms with E-state index in [4.69, 9.17) is 15.6 Å². The van der Waals surface area contributed by atoms with Crippen LogP contribution < -0.4 is 0 Å². The molecule has 4 nitrogen and oxygen atoms in total. The van der Waals surface area contributed by atoms with Crippen LogP contribution in [-0.4, -0.2) is 34.6 Å². The Morgan fingerprint density at radius 2 is 2.13 bits per heavy atom. The summed E-state index contributed by atoms with van der Waals surface area (Å²) in [6.07, 6.45) is 0. The van der Waals surface area contributed by atoms with Crippen LogP contribution in [0.5, 0.6) is 0 Å². The first kappa shape index (κ1) is 13.3. The molecule has 1 rings (SSSR count). The zero-order valence-electron chi connectivity index (χ0n) is 8.78. The van der Waals surface area contributed by atoms with Gasteiger partial charge >= 0.3 is 0 Å². The predicted octanol–water partition coefficient (Wildman–Crippen LogP) is 0.422. The molecule has 1 heterocycles. The van der Waals surface area contributed by atoms with Crippen molar-refractivity contribution in [1.29, 1.82) is 5.41 Å². The van der Waals surface area contributed by atoms with E-state index in [0.29, 0.717) is 17.1 Å². The third-order valence-electron chi connectivity index (χ3n) is 1.43. The zero-order chi connectivity index (χ0) is 11.7. The second-order valence-electron chi connectivity index (χ2n) is 2.49. The van der Waals surface area contributed by atoms with Crippen LogP contribution in [-0.2, 0) is 0 Å². The minimum absolute atomic E-state index is 0.171. The van der Waals surface area contributed by atoms with Crippen LogP contribution in [0.3, 0.4) is 0 Å². The number of hydrogen-bond donors (Lipinski definition) is 3. The van der Waals surface area contributed by atoms with Crippen LogP contribution in [0.25, 0.3) is 0 Å². The number of aliphatic hydroxyl groups excluding tert-OH is 2. The molecule has 1 aromatic rings. The Hall–Kier alpha value is -1.70. The number of aromatic nitrogens is 1. The lowest BCUT2D eigenvalue weighted by Crippen LogP contribution is -1.97. The summed E-state index contributed by atoms with van der Waals surface area (Å²) in [6.45, 7) is 1.50. The number of pyridine rings is 1. The summed E-state index contributed by atoms with van der Waals surface area (Å²) < 4.78 is 0. The molecule has 0 aliphatic rings. The molecule has 0 radical (unpaired) electrons. The van der Waals surface area contributed by atoms with Gasteiger partial charge in [0.05, 0.1) is 11.4 Å². The van der Waals surface area contributed by atoms with E-state index in [1.54, 1.807) is 25.1 Å². The van der Waals surface area contributed by atoms with Crippen molar-refractivity contribution in [3.63, 3.8) is 0 Å². The average Bonchev–Trinajstić information content (AvgIpc) is 2.29. The van der Waals surface area contributed by atoms with Gasteiger partial charge in [0.1, 0.15) is 12.3 Å². The first-order chi connectivity index (χ1) is 7.24. The summed E-state index contributed by atoms with van der Waals surface area (Å²) >= 11 is 0. The van der Waals surface area contributed by atoms with Crippen molar-refractivity contribution in [2.24, 2.45) is 0 Å². The van der Waals surface area contributed by atoms with Crippen LogP contribution in [0.15, 0.2) is 18.2 Å². The van der Waals surface area contributed by atoms with Crippen LogP contribution in [0.2, 0.25) is 0 Å². The lowest BCUT2D eigenvalue weighted by Gasteiger charge is -1.96. The highest BCUT2D eigenvalue weighted by Crippen LogP contribution is 1.98. The van der Waals surface area contributed by atoms with E-state index < -0.39 is 0 Å². The van der Waals surface area contributed by atoms with Gasteiger partial charge < -0.3 is 15.6 Å². The highest BCUT2D eigenvalue weighted by Gasteiger charge is 1.96. The van der Waals surface area contributed by atoms with Gasteiger partial charge in [0.15, 0.2) is 0 Å². The molecule has 0 spiro atoms. The molecule has 0 aliphatic heterocycles. The van der Waals surface area contributed by atoms with Gasteiger partial charge in [-0.2, -0.15) is 0 Å². The summed E-state index contributed by atoms with van der Waals surface area (Å²) in [7, 11) is 1.00. The van der Waals surface area contributed by atoms with E-state index in [-0.39, 0.29) is 6.61 Å². The summed E-state index contributed by atoms with van der Waals surface area (Å²) in [4.78, 5) is 4.10. The van der Waals surface area contributed by atoms with Crippen molar-refractivity contribution in [3.05, 3.63) is 29.6 Å². The van der Waals surface area contributed by atoms with Gasteiger partial charge in [-0.1, -0.05) is 12.0 Å². The van der Waals surface area contributed by atoms with E-state index in [1.807, 2.05) is 0 Å². The van der Waals surface area contributed by atoms with Gasteiger partial charge in [0, 0.05) is 7.11 Å². The van der Waals surface area contributed by atoms with Crippen molar-refractivity contribution < 1.29 is 10.2 Å². The Kier molecular flexibility index (Phi) is 6.81. The quantitative estimate of drug-likeness (QED) is 0.460. The van der Waals surface area contributed by atoms with E-state index in [9.17, 15) is 0 Å². The Balaban J connectivity index is 0.000000921. The topological polar surface area (TPSA) is 77.2 Å². The number of nitrogens with zero attached hydrogens (tertiary/aromatic N) is 1. The largest absolute Gasteiger partial charge is 0.400 e. The van der Waals surface area contributed by atoms with Crippen LogP contribution in [0.4, 0.5) is 0 Å². The lowest BCUT2D eigenvalue weighted by atomic mass is 10.2. The normalized spacial score (nSPS) is 8.00. The van der Waals surface area contributed by atoms with Crippen molar-refractivity contribution in [2.45, 2.75) is 6.92 Å². The van der Waals surface area contributed by atoms with E-state index in [2.05, 4.69) is 16.8 Å². The number of aliphatic hydroxyl groups is 2. The lowest BCUT2D eigenvalue weighted by molar-refractivity contribution is 0.350. The molecule has 80 valence electrons. The Morgan fingerprint density at radius 3 is 2.67 bits per heavy atom. The Bertz CT molecular complexity index is 378. The molecule has 0 aromatic carbocycles. The fourth-order valence-corrected chi connectivity index (χ4v) is 0.843. The fourth-order valence-electron chi connectivity index (χ4n) is 0.843. The summed E-state index contributed by atoms with van der Waals surface area (Å²) in [5.41, 5.74) is 1.61. The first-order valence-electron chi connectivity index (χ1n) is 4.31. The number of rotatable bonds is 1. The van der Waals surface area contributed by atoms with E-state index in [1.165, 1.54) is 0 Å².